The first-order valence-corrected chi connectivity index (χ1v) is 7.27. The first-order valence-electron chi connectivity index (χ1n) is 6.64. The molecular formula is C17H21NS. The molecule has 100 valence electrons. The third-order valence-electron chi connectivity index (χ3n) is 3.46. The summed E-state index contributed by atoms with van der Waals surface area (Å²) in [4.78, 5) is 2.30. The topological polar surface area (TPSA) is 3.24 Å². The van der Waals surface area contributed by atoms with Gasteiger partial charge >= 0.3 is 0 Å². The van der Waals surface area contributed by atoms with E-state index in [0.29, 0.717) is 5.92 Å². The van der Waals surface area contributed by atoms with Crippen molar-refractivity contribution < 1.29 is 0 Å². The van der Waals surface area contributed by atoms with E-state index in [-0.39, 0.29) is 0 Å². The Kier molecular flexibility index (Phi) is 4.92. The number of rotatable bonds is 5. The van der Waals surface area contributed by atoms with Gasteiger partial charge in [0.15, 0.2) is 0 Å². The zero-order chi connectivity index (χ0) is 13.7. The van der Waals surface area contributed by atoms with E-state index in [9.17, 15) is 0 Å². The molecule has 0 N–H and O–H groups in total. The van der Waals surface area contributed by atoms with Crippen molar-refractivity contribution in [2.24, 2.45) is 0 Å². The van der Waals surface area contributed by atoms with E-state index in [1.807, 2.05) is 0 Å². The van der Waals surface area contributed by atoms with Crippen LogP contribution >= 0.6 is 12.6 Å². The highest BCUT2D eigenvalue weighted by Gasteiger charge is 2.12. The molecule has 0 aliphatic rings. The Balaban J connectivity index is 2.08. The van der Waals surface area contributed by atoms with E-state index < -0.39 is 0 Å². The number of hydrogen-bond acceptors (Lipinski definition) is 2. The van der Waals surface area contributed by atoms with E-state index >= 15 is 0 Å². The van der Waals surface area contributed by atoms with Gasteiger partial charge in [-0.15, -0.1) is 0 Å². The maximum Gasteiger partial charge on any atom is 0.0363 e. The predicted molar refractivity (Wildman–Crippen MR) is 87.5 cm³/mol. The second-order valence-electron chi connectivity index (χ2n) is 5.01. The largest absolute Gasteiger partial charge is 0.374 e. The lowest BCUT2D eigenvalue weighted by Gasteiger charge is -2.25. The summed E-state index contributed by atoms with van der Waals surface area (Å²) in [6, 6.07) is 19.3. The van der Waals surface area contributed by atoms with Crippen molar-refractivity contribution in [2.45, 2.75) is 12.8 Å². The lowest BCUT2D eigenvalue weighted by atomic mass is 10.0. The van der Waals surface area contributed by atoms with Crippen LogP contribution in [0.5, 0.6) is 0 Å². The number of nitrogens with zero attached hydrogens (tertiary/aromatic N) is 1. The average Bonchev–Trinajstić information content (AvgIpc) is 2.46. The first-order chi connectivity index (χ1) is 9.20. The van der Waals surface area contributed by atoms with E-state index in [4.69, 9.17) is 0 Å². The van der Waals surface area contributed by atoms with Gasteiger partial charge in [-0.1, -0.05) is 48.0 Å². The molecule has 2 aromatic carbocycles. The van der Waals surface area contributed by atoms with Crippen LogP contribution in [0, 0.1) is 6.92 Å². The molecule has 0 bridgehead atoms. The van der Waals surface area contributed by atoms with Gasteiger partial charge in [-0.2, -0.15) is 12.6 Å². The van der Waals surface area contributed by atoms with Crippen LogP contribution in [0.1, 0.15) is 17.0 Å². The summed E-state index contributed by atoms with van der Waals surface area (Å²) in [5, 5.41) is 0. The Morgan fingerprint density at radius 3 is 2.21 bits per heavy atom. The van der Waals surface area contributed by atoms with Gasteiger partial charge in [0, 0.05) is 25.2 Å². The highest BCUT2D eigenvalue weighted by molar-refractivity contribution is 7.80. The van der Waals surface area contributed by atoms with Gasteiger partial charge in [0.1, 0.15) is 0 Å². The normalized spacial score (nSPS) is 12.2. The summed E-state index contributed by atoms with van der Waals surface area (Å²) in [7, 11) is 2.14. The molecule has 1 unspecified atom stereocenters. The average molecular weight is 271 g/mol. The van der Waals surface area contributed by atoms with Crippen molar-refractivity contribution in [1.82, 2.24) is 0 Å². The Labute approximate surface area is 121 Å². The Morgan fingerprint density at radius 1 is 1.00 bits per heavy atom. The van der Waals surface area contributed by atoms with Crippen molar-refractivity contribution in [2.75, 3.05) is 24.2 Å². The minimum Gasteiger partial charge on any atom is -0.374 e. The number of aryl methyl sites for hydroxylation is 1. The lowest BCUT2D eigenvalue weighted by molar-refractivity contribution is 0.745. The summed E-state index contributed by atoms with van der Waals surface area (Å²) in [5.41, 5.74) is 3.91. The first kappa shape index (κ1) is 14.0. The third-order valence-corrected chi connectivity index (χ3v) is 3.90. The van der Waals surface area contributed by atoms with Crippen LogP contribution in [-0.4, -0.2) is 19.3 Å². The smallest absolute Gasteiger partial charge is 0.0363 e. The number of likely N-dealkylation sites (N-methyl/N-ethyl adjacent to an activating group) is 1. The molecule has 0 aliphatic heterocycles. The number of anilines is 1. The lowest BCUT2D eigenvalue weighted by Crippen LogP contribution is -2.25. The molecule has 0 amide bonds. The Morgan fingerprint density at radius 2 is 1.63 bits per heavy atom. The molecule has 0 aromatic heterocycles. The fourth-order valence-corrected chi connectivity index (χ4v) is 2.56. The van der Waals surface area contributed by atoms with Gasteiger partial charge in [0.25, 0.3) is 0 Å². The maximum atomic E-state index is 4.50. The molecule has 2 aromatic rings. The summed E-state index contributed by atoms with van der Waals surface area (Å²) in [6.45, 7) is 3.10. The highest BCUT2D eigenvalue weighted by atomic mass is 32.1. The van der Waals surface area contributed by atoms with Crippen LogP contribution in [0.3, 0.4) is 0 Å². The molecular weight excluding hydrogens is 250 g/mol. The molecule has 0 aliphatic carbocycles. The van der Waals surface area contributed by atoms with Crippen LogP contribution in [0.4, 0.5) is 5.69 Å². The van der Waals surface area contributed by atoms with E-state index in [0.717, 1.165) is 12.3 Å². The summed E-state index contributed by atoms with van der Waals surface area (Å²) in [5.74, 6) is 1.32. The zero-order valence-electron chi connectivity index (χ0n) is 11.6. The number of hydrogen-bond donors (Lipinski definition) is 1. The molecule has 1 atom stereocenters. The molecule has 2 heteroatoms. The standard InChI is InChI=1S/C17H21NS/c1-14-8-10-17(11-9-14)18(2)12-16(13-19)15-6-4-3-5-7-15/h3-11,16,19H,12-13H2,1-2H3. The molecule has 1 nitrogen and oxygen atoms in total. The van der Waals surface area contributed by atoms with Crippen LogP contribution < -0.4 is 4.90 Å². The molecule has 19 heavy (non-hydrogen) atoms. The maximum absolute atomic E-state index is 4.50. The van der Waals surface area contributed by atoms with Crippen LogP contribution in [-0.2, 0) is 0 Å². The van der Waals surface area contributed by atoms with Gasteiger partial charge in [0.2, 0.25) is 0 Å². The van der Waals surface area contributed by atoms with Gasteiger partial charge < -0.3 is 4.90 Å². The third kappa shape index (κ3) is 3.77. The summed E-state index contributed by atoms with van der Waals surface area (Å²) >= 11 is 4.50. The molecule has 0 saturated heterocycles. The Hall–Kier alpha value is -1.41. The van der Waals surface area contributed by atoms with E-state index in [1.165, 1.54) is 16.8 Å². The monoisotopic (exact) mass is 271 g/mol. The van der Waals surface area contributed by atoms with Crippen molar-refractivity contribution >= 4 is 18.3 Å². The van der Waals surface area contributed by atoms with Gasteiger partial charge in [-0.3, -0.25) is 0 Å². The summed E-state index contributed by atoms with van der Waals surface area (Å²) in [6.07, 6.45) is 0. The molecule has 0 spiro atoms. The minimum atomic E-state index is 0.454. The second kappa shape index (κ2) is 6.67. The van der Waals surface area contributed by atoms with E-state index in [1.54, 1.807) is 0 Å². The van der Waals surface area contributed by atoms with Crippen LogP contribution in [0.15, 0.2) is 54.6 Å². The molecule has 2 rings (SSSR count). The Bertz CT molecular complexity index is 492. The second-order valence-corrected chi connectivity index (χ2v) is 5.37. The number of thiol groups is 1. The number of benzene rings is 2. The molecule has 0 heterocycles. The summed E-state index contributed by atoms with van der Waals surface area (Å²) < 4.78 is 0. The fraction of sp³-hybridized carbons (Fsp3) is 0.294. The van der Waals surface area contributed by atoms with Gasteiger partial charge in [0.05, 0.1) is 0 Å². The van der Waals surface area contributed by atoms with Gasteiger partial charge in [-0.05, 0) is 30.4 Å². The molecule has 0 radical (unpaired) electrons. The van der Waals surface area contributed by atoms with Gasteiger partial charge in [-0.25, -0.2) is 0 Å². The van der Waals surface area contributed by atoms with Crippen LogP contribution in [0.2, 0.25) is 0 Å². The van der Waals surface area contributed by atoms with E-state index in [2.05, 4.69) is 86.1 Å². The van der Waals surface area contributed by atoms with Crippen molar-refractivity contribution in [3.8, 4) is 0 Å². The minimum absolute atomic E-state index is 0.454. The quantitative estimate of drug-likeness (QED) is 0.800. The zero-order valence-corrected chi connectivity index (χ0v) is 12.5. The SMILES string of the molecule is Cc1ccc(N(C)CC(CS)c2ccccc2)cc1. The molecule has 0 saturated carbocycles. The highest BCUT2D eigenvalue weighted by Crippen LogP contribution is 2.21. The molecule has 0 fully saturated rings. The fourth-order valence-electron chi connectivity index (χ4n) is 2.23. The van der Waals surface area contributed by atoms with Crippen molar-refractivity contribution in [3.63, 3.8) is 0 Å². The van der Waals surface area contributed by atoms with Crippen molar-refractivity contribution in [1.29, 1.82) is 0 Å². The van der Waals surface area contributed by atoms with Crippen LogP contribution in [0.25, 0.3) is 0 Å². The predicted octanol–water partition coefficient (Wildman–Crippen LogP) is 4.14. The van der Waals surface area contributed by atoms with Crippen molar-refractivity contribution in [3.05, 3.63) is 65.7 Å².